The summed E-state index contributed by atoms with van der Waals surface area (Å²) in [6.07, 6.45) is 8.27. The van der Waals surface area contributed by atoms with E-state index in [-0.39, 0.29) is 11.9 Å². The van der Waals surface area contributed by atoms with Gasteiger partial charge in [-0.15, -0.1) is 5.10 Å². The third-order valence-electron chi connectivity index (χ3n) is 3.51. The maximum absolute atomic E-state index is 12.5. The van der Waals surface area contributed by atoms with Crippen LogP contribution in [0.15, 0.2) is 53.7 Å². The molecule has 9 nitrogen and oxygen atoms in total. The van der Waals surface area contributed by atoms with Gasteiger partial charge in [-0.2, -0.15) is 10.1 Å². The van der Waals surface area contributed by atoms with Crippen LogP contribution in [0.2, 0.25) is 0 Å². The fourth-order valence-corrected chi connectivity index (χ4v) is 2.39. The van der Waals surface area contributed by atoms with E-state index in [1.54, 1.807) is 17.8 Å². The lowest BCUT2D eigenvalue weighted by molar-refractivity contribution is 0.102. The van der Waals surface area contributed by atoms with Crippen molar-refractivity contribution < 1.29 is 9.21 Å². The van der Waals surface area contributed by atoms with Gasteiger partial charge in [0, 0.05) is 19.4 Å². The molecule has 24 heavy (non-hydrogen) atoms. The van der Waals surface area contributed by atoms with Crippen LogP contribution in [0.4, 0.5) is 5.95 Å². The van der Waals surface area contributed by atoms with Crippen LogP contribution in [0, 0.1) is 0 Å². The minimum absolute atomic E-state index is 0.179. The first-order chi connectivity index (χ1) is 11.7. The number of furan rings is 1. The zero-order valence-corrected chi connectivity index (χ0v) is 12.7. The van der Waals surface area contributed by atoms with Crippen molar-refractivity contribution in [1.82, 2.24) is 29.5 Å². The molecule has 0 unspecified atom stereocenters. The van der Waals surface area contributed by atoms with Gasteiger partial charge < -0.3 is 8.98 Å². The molecule has 0 aliphatic rings. The number of rotatable bonds is 4. The van der Waals surface area contributed by atoms with Crippen LogP contribution >= 0.6 is 0 Å². The molecule has 0 bridgehead atoms. The number of aromatic amines is 1. The summed E-state index contributed by atoms with van der Waals surface area (Å²) in [5.41, 5.74) is 1.17. The van der Waals surface area contributed by atoms with Crippen LogP contribution in [-0.4, -0.2) is 35.4 Å². The van der Waals surface area contributed by atoms with Gasteiger partial charge in [0.15, 0.2) is 5.82 Å². The van der Waals surface area contributed by atoms with Gasteiger partial charge in [-0.3, -0.25) is 19.9 Å². The molecule has 0 saturated heterocycles. The first-order valence-electron chi connectivity index (χ1n) is 7.14. The average molecular weight is 323 g/mol. The van der Waals surface area contributed by atoms with Crippen molar-refractivity contribution in [1.29, 1.82) is 0 Å². The van der Waals surface area contributed by atoms with Gasteiger partial charge in [0.05, 0.1) is 18.0 Å². The summed E-state index contributed by atoms with van der Waals surface area (Å²) in [5.74, 6) is 1.00. The summed E-state index contributed by atoms with van der Waals surface area (Å²) in [5, 5.41) is 13.6. The van der Waals surface area contributed by atoms with Gasteiger partial charge >= 0.3 is 0 Å². The van der Waals surface area contributed by atoms with Crippen molar-refractivity contribution in [2.24, 2.45) is 7.05 Å². The van der Waals surface area contributed by atoms with Gasteiger partial charge in [0.2, 0.25) is 5.95 Å². The SMILES string of the molecule is Cn1ncc(C(=O)Nc2n[nH]c(-c3ccoc3)n2)c1-n1cccc1. The highest BCUT2D eigenvalue weighted by molar-refractivity contribution is 6.05. The summed E-state index contributed by atoms with van der Waals surface area (Å²) in [6.45, 7) is 0. The topological polar surface area (TPSA) is 107 Å². The number of aromatic nitrogens is 6. The molecule has 0 radical (unpaired) electrons. The Bertz CT molecular complexity index is 964. The van der Waals surface area contributed by atoms with Crippen LogP contribution in [-0.2, 0) is 7.05 Å². The Morgan fingerprint density at radius 3 is 2.92 bits per heavy atom. The van der Waals surface area contributed by atoms with Crippen LogP contribution in [0.3, 0.4) is 0 Å². The molecule has 0 aliphatic heterocycles. The van der Waals surface area contributed by atoms with Crippen LogP contribution in [0.25, 0.3) is 17.2 Å². The monoisotopic (exact) mass is 323 g/mol. The third-order valence-corrected chi connectivity index (χ3v) is 3.51. The zero-order chi connectivity index (χ0) is 16.5. The number of aryl methyl sites for hydroxylation is 1. The molecular formula is C15H13N7O2. The van der Waals surface area contributed by atoms with E-state index in [0.717, 1.165) is 5.56 Å². The molecule has 1 amide bonds. The molecule has 4 heterocycles. The molecule has 0 spiro atoms. The van der Waals surface area contributed by atoms with Gasteiger partial charge in [-0.1, -0.05) is 0 Å². The molecule has 0 saturated carbocycles. The van der Waals surface area contributed by atoms with Crippen molar-refractivity contribution >= 4 is 11.9 Å². The predicted octanol–water partition coefficient (Wildman–Crippen LogP) is 1.84. The Morgan fingerprint density at radius 1 is 1.33 bits per heavy atom. The minimum atomic E-state index is -0.343. The van der Waals surface area contributed by atoms with Crippen molar-refractivity contribution in [3.8, 4) is 17.2 Å². The summed E-state index contributed by atoms with van der Waals surface area (Å²) < 4.78 is 8.44. The molecule has 9 heteroatoms. The van der Waals surface area contributed by atoms with E-state index in [9.17, 15) is 4.79 Å². The summed E-state index contributed by atoms with van der Waals surface area (Å²) in [6, 6.07) is 5.50. The van der Waals surface area contributed by atoms with E-state index in [2.05, 4.69) is 25.6 Å². The summed E-state index contributed by atoms with van der Waals surface area (Å²) in [4.78, 5) is 16.8. The number of H-pyrrole nitrogens is 1. The Kier molecular flexibility index (Phi) is 3.23. The molecule has 0 aromatic carbocycles. The van der Waals surface area contributed by atoms with E-state index in [0.29, 0.717) is 17.2 Å². The van der Waals surface area contributed by atoms with Crippen LogP contribution in [0.1, 0.15) is 10.4 Å². The van der Waals surface area contributed by atoms with E-state index >= 15 is 0 Å². The van der Waals surface area contributed by atoms with E-state index < -0.39 is 0 Å². The lowest BCUT2D eigenvalue weighted by Gasteiger charge is -2.06. The molecule has 4 aromatic heterocycles. The van der Waals surface area contributed by atoms with E-state index in [1.165, 1.54) is 18.7 Å². The largest absolute Gasteiger partial charge is 0.472 e. The standard InChI is InChI=1S/C15H13N7O2/c1-21-14(22-5-2-3-6-22)11(8-16-21)13(23)18-15-17-12(19-20-15)10-4-7-24-9-10/h2-9H,1H3,(H2,17,18,19,20,23). The fraction of sp³-hybridized carbons (Fsp3) is 0.0667. The Labute approximate surface area is 135 Å². The van der Waals surface area contributed by atoms with Crippen molar-refractivity contribution in [2.45, 2.75) is 0 Å². The molecule has 2 N–H and O–H groups in total. The van der Waals surface area contributed by atoms with Gasteiger partial charge in [-0.05, 0) is 18.2 Å². The normalized spacial score (nSPS) is 10.9. The van der Waals surface area contributed by atoms with E-state index in [4.69, 9.17) is 4.42 Å². The number of anilines is 1. The average Bonchev–Trinajstić information content (AvgIpc) is 3.34. The second kappa shape index (κ2) is 5.54. The van der Waals surface area contributed by atoms with Crippen LogP contribution in [0.5, 0.6) is 0 Å². The molecule has 120 valence electrons. The van der Waals surface area contributed by atoms with Crippen molar-refractivity contribution in [3.63, 3.8) is 0 Å². The predicted molar refractivity (Wildman–Crippen MR) is 84.6 cm³/mol. The maximum Gasteiger partial charge on any atom is 0.263 e. The molecule has 0 fully saturated rings. The number of amides is 1. The number of hydrogen-bond donors (Lipinski definition) is 2. The first kappa shape index (κ1) is 14.0. The maximum atomic E-state index is 12.5. The Balaban J connectivity index is 1.60. The van der Waals surface area contributed by atoms with Crippen molar-refractivity contribution in [3.05, 3.63) is 54.9 Å². The highest BCUT2D eigenvalue weighted by Crippen LogP contribution is 2.18. The van der Waals surface area contributed by atoms with Gasteiger partial charge in [0.25, 0.3) is 5.91 Å². The smallest absolute Gasteiger partial charge is 0.263 e. The molecule has 4 rings (SSSR count). The first-order valence-corrected chi connectivity index (χ1v) is 7.14. The van der Waals surface area contributed by atoms with E-state index in [1.807, 2.05) is 29.1 Å². The lowest BCUT2D eigenvalue weighted by atomic mass is 10.3. The Morgan fingerprint density at radius 2 is 2.17 bits per heavy atom. The van der Waals surface area contributed by atoms with Gasteiger partial charge in [-0.25, -0.2) is 0 Å². The molecule has 0 atom stereocenters. The minimum Gasteiger partial charge on any atom is -0.472 e. The number of nitrogens with one attached hydrogen (secondary N) is 2. The molecule has 0 aliphatic carbocycles. The number of carbonyl (C=O) groups is 1. The summed E-state index contributed by atoms with van der Waals surface area (Å²) >= 11 is 0. The lowest BCUT2D eigenvalue weighted by Crippen LogP contribution is -2.15. The highest BCUT2D eigenvalue weighted by Gasteiger charge is 2.19. The second-order valence-corrected chi connectivity index (χ2v) is 5.07. The summed E-state index contributed by atoms with van der Waals surface area (Å²) in [7, 11) is 1.77. The highest BCUT2D eigenvalue weighted by atomic mass is 16.3. The van der Waals surface area contributed by atoms with Crippen molar-refractivity contribution in [2.75, 3.05) is 5.32 Å². The number of carbonyl (C=O) groups excluding carboxylic acids is 1. The third kappa shape index (κ3) is 2.37. The fourth-order valence-electron chi connectivity index (χ4n) is 2.39. The Hall–Kier alpha value is -3.62. The molecule has 4 aromatic rings. The zero-order valence-electron chi connectivity index (χ0n) is 12.7. The number of nitrogens with zero attached hydrogens (tertiary/aromatic N) is 5. The second-order valence-electron chi connectivity index (χ2n) is 5.07. The molecular weight excluding hydrogens is 310 g/mol. The number of hydrogen-bond acceptors (Lipinski definition) is 5. The van der Waals surface area contributed by atoms with Gasteiger partial charge in [0.1, 0.15) is 17.6 Å². The van der Waals surface area contributed by atoms with Crippen LogP contribution < -0.4 is 5.32 Å². The quantitative estimate of drug-likeness (QED) is 0.596.